The number of carbonyl (C=O) groups excluding carboxylic acids is 1. The molecular weight excluding hydrogens is 180 g/mol. The van der Waals surface area contributed by atoms with E-state index in [2.05, 4.69) is 9.97 Å². The SMILES string of the molecule is NC1CCCN(C(=O)c2cnc[nH]2)C1. The Labute approximate surface area is 82.3 Å². The van der Waals surface area contributed by atoms with E-state index in [1.807, 2.05) is 0 Å². The Hall–Kier alpha value is -1.36. The Morgan fingerprint density at radius 1 is 1.71 bits per heavy atom. The summed E-state index contributed by atoms with van der Waals surface area (Å²) in [6.07, 6.45) is 5.05. The summed E-state index contributed by atoms with van der Waals surface area (Å²) in [6, 6.07) is 0.121. The van der Waals surface area contributed by atoms with E-state index < -0.39 is 0 Å². The van der Waals surface area contributed by atoms with Crippen molar-refractivity contribution >= 4 is 5.91 Å². The van der Waals surface area contributed by atoms with Gasteiger partial charge in [-0.3, -0.25) is 4.79 Å². The monoisotopic (exact) mass is 194 g/mol. The van der Waals surface area contributed by atoms with Crippen LogP contribution in [0, 0.1) is 0 Å². The van der Waals surface area contributed by atoms with Gasteiger partial charge in [0.2, 0.25) is 0 Å². The molecule has 1 amide bonds. The molecule has 1 atom stereocenters. The molecule has 1 aromatic rings. The van der Waals surface area contributed by atoms with E-state index in [0.29, 0.717) is 12.2 Å². The highest BCUT2D eigenvalue weighted by atomic mass is 16.2. The molecule has 0 saturated carbocycles. The maximum atomic E-state index is 11.8. The Kier molecular flexibility index (Phi) is 2.49. The molecule has 2 rings (SSSR count). The summed E-state index contributed by atoms with van der Waals surface area (Å²) in [5, 5.41) is 0. The number of hydrogen-bond donors (Lipinski definition) is 2. The van der Waals surface area contributed by atoms with Gasteiger partial charge in [0.1, 0.15) is 5.69 Å². The number of piperidine rings is 1. The second-order valence-corrected chi connectivity index (χ2v) is 3.62. The molecule has 2 heterocycles. The molecule has 5 heteroatoms. The van der Waals surface area contributed by atoms with Crippen LogP contribution >= 0.6 is 0 Å². The molecule has 0 aliphatic carbocycles. The van der Waals surface area contributed by atoms with Crippen molar-refractivity contribution in [2.24, 2.45) is 5.73 Å². The summed E-state index contributed by atoms with van der Waals surface area (Å²) >= 11 is 0. The molecule has 0 spiro atoms. The molecule has 0 radical (unpaired) electrons. The van der Waals surface area contributed by atoms with Gasteiger partial charge in [0.15, 0.2) is 0 Å². The Balaban J connectivity index is 2.04. The van der Waals surface area contributed by atoms with Gasteiger partial charge in [0.05, 0.1) is 12.5 Å². The molecule has 1 saturated heterocycles. The maximum Gasteiger partial charge on any atom is 0.271 e. The summed E-state index contributed by atoms with van der Waals surface area (Å²) in [4.78, 5) is 20.2. The van der Waals surface area contributed by atoms with E-state index in [-0.39, 0.29) is 11.9 Å². The van der Waals surface area contributed by atoms with E-state index in [0.717, 1.165) is 19.4 Å². The first-order valence-electron chi connectivity index (χ1n) is 4.80. The second kappa shape index (κ2) is 3.79. The third-order valence-corrected chi connectivity index (χ3v) is 2.47. The summed E-state index contributed by atoms with van der Waals surface area (Å²) in [7, 11) is 0. The van der Waals surface area contributed by atoms with E-state index >= 15 is 0 Å². The average molecular weight is 194 g/mol. The smallest absolute Gasteiger partial charge is 0.271 e. The van der Waals surface area contributed by atoms with Crippen LogP contribution in [0.4, 0.5) is 0 Å². The number of rotatable bonds is 1. The lowest BCUT2D eigenvalue weighted by Gasteiger charge is -2.30. The fraction of sp³-hybridized carbons (Fsp3) is 0.556. The summed E-state index contributed by atoms with van der Waals surface area (Å²) in [6.45, 7) is 1.45. The number of aromatic nitrogens is 2. The summed E-state index contributed by atoms with van der Waals surface area (Å²) in [5.41, 5.74) is 6.34. The van der Waals surface area contributed by atoms with Crippen molar-refractivity contribution in [2.45, 2.75) is 18.9 Å². The number of nitrogens with one attached hydrogen (secondary N) is 1. The highest BCUT2D eigenvalue weighted by Gasteiger charge is 2.22. The highest BCUT2D eigenvalue weighted by Crippen LogP contribution is 2.10. The molecule has 1 aromatic heterocycles. The topological polar surface area (TPSA) is 75.0 Å². The van der Waals surface area contributed by atoms with Crippen molar-refractivity contribution in [3.8, 4) is 0 Å². The zero-order valence-corrected chi connectivity index (χ0v) is 7.94. The van der Waals surface area contributed by atoms with Crippen LogP contribution in [-0.4, -0.2) is 39.9 Å². The number of likely N-dealkylation sites (tertiary alicyclic amines) is 1. The number of H-pyrrole nitrogens is 1. The van der Waals surface area contributed by atoms with Crippen molar-refractivity contribution < 1.29 is 4.79 Å². The van der Waals surface area contributed by atoms with E-state index in [9.17, 15) is 4.79 Å². The number of amides is 1. The molecule has 14 heavy (non-hydrogen) atoms. The number of hydrogen-bond acceptors (Lipinski definition) is 3. The average Bonchev–Trinajstić information content (AvgIpc) is 2.69. The highest BCUT2D eigenvalue weighted by molar-refractivity contribution is 5.92. The van der Waals surface area contributed by atoms with Crippen molar-refractivity contribution in [1.29, 1.82) is 0 Å². The van der Waals surface area contributed by atoms with Crippen LogP contribution in [0.15, 0.2) is 12.5 Å². The number of aromatic amines is 1. The predicted octanol–water partition coefficient (Wildman–Crippen LogP) is -0.0270. The van der Waals surface area contributed by atoms with Gasteiger partial charge in [-0.25, -0.2) is 4.98 Å². The largest absolute Gasteiger partial charge is 0.341 e. The van der Waals surface area contributed by atoms with Crippen molar-refractivity contribution in [3.05, 3.63) is 18.2 Å². The van der Waals surface area contributed by atoms with Gasteiger partial charge in [-0.1, -0.05) is 0 Å². The van der Waals surface area contributed by atoms with Gasteiger partial charge < -0.3 is 15.6 Å². The van der Waals surface area contributed by atoms with Crippen LogP contribution in [-0.2, 0) is 0 Å². The van der Waals surface area contributed by atoms with Crippen molar-refractivity contribution in [3.63, 3.8) is 0 Å². The van der Waals surface area contributed by atoms with Crippen molar-refractivity contribution in [2.75, 3.05) is 13.1 Å². The minimum atomic E-state index is -0.00218. The molecule has 0 aromatic carbocycles. The molecular formula is C9H14N4O. The standard InChI is InChI=1S/C9H14N4O/c10-7-2-1-3-13(5-7)9(14)8-4-11-6-12-8/h4,6-7H,1-3,5,10H2,(H,11,12). The van der Waals surface area contributed by atoms with E-state index in [1.165, 1.54) is 6.33 Å². The van der Waals surface area contributed by atoms with Gasteiger partial charge in [-0.15, -0.1) is 0 Å². The van der Waals surface area contributed by atoms with Crippen LogP contribution in [0.2, 0.25) is 0 Å². The Morgan fingerprint density at radius 3 is 3.21 bits per heavy atom. The van der Waals surface area contributed by atoms with E-state index in [1.54, 1.807) is 11.1 Å². The molecule has 76 valence electrons. The summed E-state index contributed by atoms with van der Waals surface area (Å²) < 4.78 is 0. The lowest BCUT2D eigenvalue weighted by atomic mass is 10.1. The molecule has 1 aliphatic heterocycles. The van der Waals surface area contributed by atoms with E-state index in [4.69, 9.17) is 5.73 Å². The third kappa shape index (κ3) is 1.77. The van der Waals surface area contributed by atoms with Crippen LogP contribution in [0.25, 0.3) is 0 Å². The zero-order valence-electron chi connectivity index (χ0n) is 7.94. The zero-order chi connectivity index (χ0) is 9.97. The van der Waals surface area contributed by atoms with Gasteiger partial charge in [-0.2, -0.15) is 0 Å². The minimum absolute atomic E-state index is 0.00218. The van der Waals surface area contributed by atoms with Gasteiger partial charge in [0, 0.05) is 19.1 Å². The predicted molar refractivity (Wildman–Crippen MR) is 51.7 cm³/mol. The number of nitrogens with zero attached hydrogens (tertiary/aromatic N) is 2. The first-order chi connectivity index (χ1) is 6.77. The van der Waals surface area contributed by atoms with Crippen LogP contribution in [0.3, 0.4) is 0 Å². The van der Waals surface area contributed by atoms with Crippen LogP contribution in [0.1, 0.15) is 23.3 Å². The lowest BCUT2D eigenvalue weighted by Crippen LogP contribution is -2.45. The first-order valence-corrected chi connectivity index (χ1v) is 4.80. The van der Waals surface area contributed by atoms with Crippen LogP contribution in [0.5, 0.6) is 0 Å². The molecule has 1 fully saturated rings. The fourth-order valence-electron chi connectivity index (χ4n) is 1.74. The van der Waals surface area contributed by atoms with Crippen molar-refractivity contribution in [1.82, 2.24) is 14.9 Å². The Morgan fingerprint density at radius 2 is 2.57 bits per heavy atom. The molecule has 0 bridgehead atoms. The normalized spacial score (nSPS) is 22.4. The maximum absolute atomic E-state index is 11.8. The molecule has 1 aliphatic rings. The third-order valence-electron chi connectivity index (χ3n) is 2.47. The molecule has 1 unspecified atom stereocenters. The van der Waals surface area contributed by atoms with Gasteiger partial charge in [0.25, 0.3) is 5.91 Å². The van der Waals surface area contributed by atoms with Crippen LogP contribution < -0.4 is 5.73 Å². The number of nitrogens with two attached hydrogens (primary N) is 1. The quantitative estimate of drug-likeness (QED) is 0.659. The first kappa shape index (κ1) is 9.21. The van der Waals surface area contributed by atoms with Gasteiger partial charge >= 0.3 is 0 Å². The lowest BCUT2D eigenvalue weighted by molar-refractivity contribution is 0.0703. The fourth-order valence-corrected chi connectivity index (χ4v) is 1.74. The number of carbonyl (C=O) groups is 1. The Bertz CT molecular complexity index is 309. The second-order valence-electron chi connectivity index (χ2n) is 3.62. The molecule has 5 nitrogen and oxygen atoms in total. The number of imidazole rings is 1. The van der Waals surface area contributed by atoms with Gasteiger partial charge in [-0.05, 0) is 12.8 Å². The minimum Gasteiger partial charge on any atom is -0.341 e. The summed E-state index contributed by atoms with van der Waals surface area (Å²) in [5.74, 6) is -0.00218. The molecule has 3 N–H and O–H groups in total.